The van der Waals surface area contributed by atoms with Crippen LogP contribution in [0.3, 0.4) is 0 Å². The van der Waals surface area contributed by atoms with Gasteiger partial charge in [-0.25, -0.2) is 4.39 Å². The molecule has 3 fully saturated rings. The summed E-state index contributed by atoms with van der Waals surface area (Å²) in [6.07, 6.45) is 11.2. The van der Waals surface area contributed by atoms with E-state index in [0.29, 0.717) is 13.0 Å². The maximum Gasteiger partial charge on any atom is 0.234 e. The predicted octanol–water partition coefficient (Wildman–Crippen LogP) is 6.16. The van der Waals surface area contributed by atoms with Gasteiger partial charge in [-0.15, -0.1) is 0 Å². The molecule has 0 spiro atoms. The van der Waals surface area contributed by atoms with Crippen molar-refractivity contribution in [3.63, 3.8) is 0 Å². The van der Waals surface area contributed by atoms with Gasteiger partial charge in [-0.2, -0.15) is 0 Å². The standard InChI is InChI=1S/C30H38FNO4/c1-3-18(14-19-10-12-25(33)24(31)15-19)11-13-26-27-20(4-2)16-22-28(23(27)17-36-26)30(35)32(29(22)34)21-8-6-5-7-9-21/h10,12,14-15,21-23,26,28,33H,3-9,11,13,16-17H2,1-2H3/b18-14+/t22-,23+,26-,28-/m1/s1. The topological polar surface area (TPSA) is 66.8 Å². The van der Waals surface area contributed by atoms with Crippen LogP contribution in [0.15, 0.2) is 34.9 Å². The van der Waals surface area contributed by atoms with Crippen LogP contribution in [-0.4, -0.2) is 40.6 Å². The van der Waals surface area contributed by atoms with Gasteiger partial charge < -0.3 is 9.84 Å². The number of likely N-dealkylation sites (tertiary alicyclic amines) is 1. The number of amides is 2. The van der Waals surface area contributed by atoms with Crippen molar-refractivity contribution in [3.8, 4) is 5.75 Å². The van der Waals surface area contributed by atoms with Gasteiger partial charge in [0.1, 0.15) is 0 Å². The summed E-state index contributed by atoms with van der Waals surface area (Å²) in [5, 5.41) is 9.47. The Hall–Kier alpha value is -2.47. The van der Waals surface area contributed by atoms with Gasteiger partial charge in [0.15, 0.2) is 11.6 Å². The molecule has 2 amide bonds. The Bertz CT molecular complexity index is 1090. The maximum absolute atomic E-state index is 13.8. The number of aromatic hydroxyl groups is 1. The van der Waals surface area contributed by atoms with Crippen molar-refractivity contribution in [3.05, 3.63) is 46.3 Å². The van der Waals surface area contributed by atoms with Crippen LogP contribution >= 0.6 is 0 Å². The van der Waals surface area contributed by atoms with Crippen molar-refractivity contribution in [1.82, 2.24) is 4.90 Å². The summed E-state index contributed by atoms with van der Waals surface area (Å²) >= 11 is 0. The minimum Gasteiger partial charge on any atom is -0.505 e. The summed E-state index contributed by atoms with van der Waals surface area (Å²) < 4.78 is 20.1. The lowest BCUT2D eigenvalue weighted by molar-refractivity contribution is -0.143. The number of fused-ring (bicyclic) bond motifs is 3. The van der Waals surface area contributed by atoms with Gasteiger partial charge in [0.05, 0.1) is 24.5 Å². The molecule has 194 valence electrons. The van der Waals surface area contributed by atoms with Crippen LogP contribution in [0.25, 0.3) is 6.08 Å². The number of phenols is 1. The molecular formula is C30H38FNO4. The van der Waals surface area contributed by atoms with Gasteiger partial charge >= 0.3 is 0 Å². The first-order valence-electron chi connectivity index (χ1n) is 13.8. The first kappa shape index (κ1) is 25.2. The van der Waals surface area contributed by atoms with Crippen molar-refractivity contribution in [2.75, 3.05) is 6.61 Å². The molecular weight excluding hydrogens is 457 g/mol. The average molecular weight is 496 g/mol. The Morgan fingerprint density at radius 3 is 2.61 bits per heavy atom. The Kier molecular flexibility index (Phi) is 7.34. The van der Waals surface area contributed by atoms with Crippen molar-refractivity contribution in [2.24, 2.45) is 17.8 Å². The number of hydrogen-bond donors (Lipinski definition) is 1. The molecule has 2 heterocycles. The Morgan fingerprint density at radius 2 is 1.92 bits per heavy atom. The van der Waals surface area contributed by atoms with Gasteiger partial charge in [-0.3, -0.25) is 14.5 Å². The summed E-state index contributed by atoms with van der Waals surface area (Å²) in [5.74, 6) is -1.34. The highest BCUT2D eigenvalue weighted by Crippen LogP contribution is 2.51. The number of carbonyl (C=O) groups excluding carboxylic acids is 2. The maximum atomic E-state index is 13.8. The number of ether oxygens (including phenoxy) is 1. The van der Waals surface area contributed by atoms with E-state index in [0.717, 1.165) is 56.9 Å². The Morgan fingerprint density at radius 1 is 1.14 bits per heavy atom. The molecule has 2 aliphatic heterocycles. The van der Waals surface area contributed by atoms with E-state index in [-0.39, 0.29) is 47.5 Å². The SMILES string of the molecule is CCC1=C2[C@@H](CC/C(=C/c3ccc(O)c(F)c3)CC)OC[C@@H]2[C@@H]2C(=O)N(C3CCCCC3)C(=O)[C@@H]2C1. The fourth-order valence-corrected chi connectivity index (χ4v) is 7.05. The van der Waals surface area contributed by atoms with Crippen LogP contribution in [0.1, 0.15) is 83.6 Å². The molecule has 5 rings (SSSR count). The van der Waals surface area contributed by atoms with E-state index in [1.54, 1.807) is 11.0 Å². The van der Waals surface area contributed by atoms with Crippen LogP contribution in [-0.2, 0) is 14.3 Å². The lowest BCUT2D eigenvalue weighted by Crippen LogP contribution is -2.42. The number of phenolic OH excluding ortho intramolecular Hbond substituents is 1. The lowest BCUT2D eigenvalue weighted by atomic mass is 9.69. The fraction of sp³-hybridized carbons (Fsp3) is 0.600. The van der Waals surface area contributed by atoms with Crippen LogP contribution in [0.2, 0.25) is 0 Å². The summed E-state index contributed by atoms with van der Waals surface area (Å²) in [6, 6.07) is 4.54. The second-order valence-electron chi connectivity index (χ2n) is 10.9. The summed E-state index contributed by atoms with van der Waals surface area (Å²) in [6.45, 7) is 4.74. The number of imide groups is 1. The molecule has 0 bridgehead atoms. The van der Waals surface area contributed by atoms with Crippen LogP contribution in [0.4, 0.5) is 4.39 Å². The number of hydrogen-bond acceptors (Lipinski definition) is 4. The molecule has 36 heavy (non-hydrogen) atoms. The van der Waals surface area contributed by atoms with Crippen LogP contribution in [0.5, 0.6) is 5.75 Å². The first-order chi connectivity index (χ1) is 17.4. The highest BCUT2D eigenvalue weighted by Gasteiger charge is 2.57. The molecule has 4 atom stereocenters. The molecule has 1 aromatic carbocycles. The number of benzene rings is 1. The number of rotatable bonds is 7. The largest absolute Gasteiger partial charge is 0.505 e. The van der Waals surface area contributed by atoms with Gasteiger partial charge in [0.25, 0.3) is 0 Å². The zero-order chi connectivity index (χ0) is 25.4. The summed E-state index contributed by atoms with van der Waals surface area (Å²) in [7, 11) is 0. The van der Waals surface area contributed by atoms with E-state index in [1.807, 2.05) is 6.08 Å². The van der Waals surface area contributed by atoms with Gasteiger partial charge in [0.2, 0.25) is 11.8 Å². The van der Waals surface area contributed by atoms with Gasteiger partial charge in [0, 0.05) is 12.0 Å². The monoisotopic (exact) mass is 495 g/mol. The lowest BCUT2D eigenvalue weighted by Gasteiger charge is -2.31. The molecule has 1 aromatic rings. The molecule has 2 aliphatic carbocycles. The Balaban J connectivity index is 1.33. The summed E-state index contributed by atoms with van der Waals surface area (Å²) in [5.41, 5.74) is 4.50. The Labute approximate surface area is 213 Å². The van der Waals surface area contributed by atoms with E-state index in [2.05, 4.69) is 13.8 Å². The van der Waals surface area contributed by atoms with Crippen molar-refractivity contribution in [1.29, 1.82) is 0 Å². The second kappa shape index (κ2) is 10.5. The minimum atomic E-state index is -0.617. The zero-order valence-corrected chi connectivity index (χ0v) is 21.5. The molecule has 1 N–H and O–H groups in total. The number of nitrogens with zero attached hydrogens (tertiary/aromatic N) is 1. The van der Waals surface area contributed by atoms with E-state index in [9.17, 15) is 19.1 Å². The molecule has 0 unspecified atom stereocenters. The third-order valence-electron chi connectivity index (χ3n) is 8.93. The van der Waals surface area contributed by atoms with Crippen LogP contribution < -0.4 is 0 Å². The number of allylic oxidation sites excluding steroid dienone is 2. The van der Waals surface area contributed by atoms with Crippen molar-refractivity contribution < 1.29 is 23.8 Å². The molecule has 5 nitrogen and oxygen atoms in total. The zero-order valence-electron chi connectivity index (χ0n) is 21.5. The number of carbonyl (C=O) groups is 2. The van der Waals surface area contributed by atoms with Gasteiger partial charge in [-0.1, -0.05) is 56.4 Å². The normalized spacial score (nSPS) is 29.2. The van der Waals surface area contributed by atoms with Crippen molar-refractivity contribution in [2.45, 2.75) is 90.2 Å². The van der Waals surface area contributed by atoms with Crippen LogP contribution in [0, 0.1) is 23.6 Å². The molecule has 1 saturated carbocycles. The average Bonchev–Trinajstić information content (AvgIpc) is 3.42. The van der Waals surface area contributed by atoms with E-state index >= 15 is 0 Å². The minimum absolute atomic E-state index is 0.00833. The van der Waals surface area contributed by atoms with E-state index in [1.165, 1.54) is 35.3 Å². The summed E-state index contributed by atoms with van der Waals surface area (Å²) in [4.78, 5) is 28.7. The first-order valence-corrected chi connectivity index (χ1v) is 13.8. The van der Waals surface area contributed by atoms with Gasteiger partial charge in [-0.05, 0) is 68.2 Å². The molecule has 2 saturated heterocycles. The second-order valence-corrected chi connectivity index (χ2v) is 10.9. The fourth-order valence-electron chi connectivity index (χ4n) is 7.05. The van der Waals surface area contributed by atoms with E-state index in [4.69, 9.17) is 4.74 Å². The molecule has 0 radical (unpaired) electrons. The third-order valence-corrected chi connectivity index (χ3v) is 8.93. The van der Waals surface area contributed by atoms with E-state index < -0.39 is 5.82 Å². The molecule has 6 heteroatoms. The molecule has 4 aliphatic rings. The highest BCUT2D eigenvalue weighted by atomic mass is 19.1. The third kappa shape index (κ3) is 4.53. The highest BCUT2D eigenvalue weighted by molar-refractivity contribution is 6.06. The number of halogens is 1. The molecule has 0 aromatic heterocycles. The predicted molar refractivity (Wildman–Crippen MR) is 136 cm³/mol. The van der Waals surface area contributed by atoms with Crippen molar-refractivity contribution >= 4 is 17.9 Å². The quantitative estimate of drug-likeness (QED) is 0.363. The smallest absolute Gasteiger partial charge is 0.234 e.